The molecule has 2 nitrogen and oxygen atoms in total. The smallest absolute Gasteiger partial charge is 0.220 e. The summed E-state index contributed by atoms with van der Waals surface area (Å²) in [4.78, 5) is 11.7. The van der Waals surface area contributed by atoms with Gasteiger partial charge in [-0.15, -0.1) is 0 Å². The summed E-state index contributed by atoms with van der Waals surface area (Å²) >= 11 is 4.90. The van der Waals surface area contributed by atoms with E-state index in [2.05, 4.69) is 21.2 Å². The van der Waals surface area contributed by atoms with Crippen molar-refractivity contribution in [2.75, 3.05) is 0 Å². The highest BCUT2D eigenvalue weighted by atomic mass is 79.9. The first-order chi connectivity index (χ1) is 9.15. The minimum absolute atomic E-state index is 0.0643. The number of amides is 1. The van der Waals surface area contributed by atoms with Crippen LogP contribution in [-0.4, -0.2) is 5.91 Å². The SMILES string of the molecule is O=C(CCc1ccsc1)NCc1cc(Br)ccc1F. The second-order valence-corrected chi connectivity index (χ2v) is 5.84. The molecule has 2 aromatic rings. The van der Waals surface area contributed by atoms with Gasteiger partial charge in [-0.2, -0.15) is 11.3 Å². The highest BCUT2D eigenvalue weighted by molar-refractivity contribution is 9.10. The molecule has 1 heterocycles. The Bertz CT molecular complexity index is 557. The molecule has 0 bridgehead atoms. The molecule has 19 heavy (non-hydrogen) atoms. The molecule has 1 N–H and O–H groups in total. The highest BCUT2D eigenvalue weighted by Gasteiger charge is 2.06. The third-order valence-corrected chi connectivity index (χ3v) is 3.93. The van der Waals surface area contributed by atoms with Gasteiger partial charge in [0.15, 0.2) is 0 Å². The van der Waals surface area contributed by atoms with E-state index in [1.165, 1.54) is 6.07 Å². The van der Waals surface area contributed by atoms with Crippen LogP contribution in [0.3, 0.4) is 0 Å². The van der Waals surface area contributed by atoms with Crippen molar-refractivity contribution in [3.63, 3.8) is 0 Å². The summed E-state index contributed by atoms with van der Waals surface area (Å²) < 4.78 is 14.3. The summed E-state index contributed by atoms with van der Waals surface area (Å²) in [6.45, 7) is 0.216. The van der Waals surface area contributed by atoms with Crippen LogP contribution in [0.5, 0.6) is 0 Å². The Morgan fingerprint density at radius 2 is 2.21 bits per heavy atom. The van der Waals surface area contributed by atoms with Crippen LogP contribution >= 0.6 is 27.3 Å². The quantitative estimate of drug-likeness (QED) is 0.877. The maximum atomic E-state index is 13.5. The number of nitrogens with one attached hydrogen (secondary N) is 1. The number of halogens is 2. The van der Waals surface area contributed by atoms with Gasteiger partial charge in [-0.25, -0.2) is 4.39 Å². The Morgan fingerprint density at radius 3 is 2.95 bits per heavy atom. The number of thiophene rings is 1. The number of aryl methyl sites for hydroxylation is 1. The van der Waals surface area contributed by atoms with Gasteiger partial charge in [0.25, 0.3) is 0 Å². The molecule has 0 fully saturated rings. The predicted molar refractivity (Wildman–Crippen MR) is 78.6 cm³/mol. The van der Waals surface area contributed by atoms with Gasteiger partial charge in [0.2, 0.25) is 5.91 Å². The molecule has 0 saturated heterocycles. The number of carbonyl (C=O) groups excluding carboxylic acids is 1. The summed E-state index contributed by atoms with van der Waals surface area (Å²) in [5, 5.41) is 6.75. The van der Waals surface area contributed by atoms with Gasteiger partial charge in [-0.3, -0.25) is 4.79 Å². The monoisotopic (exact) mass is 341 g/mol. The van der Waals surface area contributed by atoms with E-state index < -0.39 is 0 Å². The molecule has 5 heteroatoms. The molecule has 0 radical (unpaired) electrons. The molecule has 0 aliphatic heterocycles. The molecule has 0 aliphatic carbocycles. The van der Waals surface area contributed by atoms with Crippen LogP contribution in [0.1, 0.15) is 17.5 Å². The van der Waals surface area contributed by atoms with E-state index >= 15 is 0 Å². The third kappa shape index (κ3) is 4.44. The van der Waals surface area contributed by atoms with Gasteiger partial charge in [0.1, 0.15) is 5.82 Å². The van der Waals surface area contributed by atoms with Crippen molar-refractivity contribution in [1.82, 2.24) is 5.32 Å². The zero-order valence-electron chi connectivity index (χ0n) is 10.2. The standard InChI is InChI=1S/C14H13BrFNOS/c15-12-2-3-13(16)11(7-12)8-17-14(18)4-1-10-5-6-19-9-10/h2-3,5-7,9H,1,4,8H2,(H,17,18). The second-order valence-electron chi connectivity index (χ2n) is 4.14. The maximum absolute atomic E-state index is 13.5. The lowest BCUT2D eigenvalue weighted by molar-refractivity contribution is -0.121. The van der Waals surface area contributed by atoms with Gasteiger partial charge in [-0.05, 0) is 47.0 Å². The van der Waals surface area contributed by atoms with E-state index in [0.717, 1.165) is 16.5 Å². The molecule has 0 atom stereocenters. The molecule has 0 aliphatic rings. The van der Waals surface area contributed by atoms with Gasteiger partial charge >= 0.3 is 0 Å². The topological polar surface area (TPSA) is 29.1 Å². The van der Waals surface area contributed by atoms with E-state index in [1.807, 2.05) is 16.8 Å². The lowest BCUT2D eigenvalue weighted by Gasteiger charge is -2.06. The third-order valence-electron chi connectivity index (χ3n) is 2.70. The van der Waals surface area contributed by atoms with Crippen LogP contribution < -0.4 is 5.32 Å². The van der Waals surface area contributed by atoms with Crippen LogP contribution in [0, 0.1) is 5.82 Å². The van der Waals surface area contributed by atoms with Crippen molar-refractivity contribution in [1.29, 1.82) is 0 Å². The molecule has 0 saturated carbocycles. The fourth-order valence-electron chi connectivity index (χ4n) is 1.65. The van der Waals surface area contributed by atoms with Crippen LogP contribution in [0.15, 0.2) is 39.5 Å². The molecule has 0 spiro atoms. The predicted octanol–water partition coefficient (Wildman–Crippen LogP) is 3.90. The van der Waals surface area contributed by atoms with E-state index in [4.69, 9.17) is 0 Å². The minimum Gasteiger partial charge on any atom is -0.352 e. The molecular formula is C14H13BrFNOS. The van der Waals surface area contributed by atoms with Gasteiger partial charge in [0, 0.05) is 23.0 Å². The normalized spacial score (nSPS) is 10.4. The van der Waals surface area contributed by atoms with Gasteiger partial charge in [-0.1, -0.05) is 15.9 Å². The maximum Gasteiger partial charge on any atom is 0.220 e. The van der Waals surface area contributed by atoms with E-state index in [1.54, 1.807) is 23.5 Å². The average Bonchev–Trinajstić information content (AvgIpc) is 2.90. The molecular weight excluding hydrogens is 329 g/mol. The Morgan fingerprint density at radius 1 is 1.37 bits per heavy atom. The molecule has 0 unspecified atom stereocenters. The Hall–Kier alpha value is -1.20. The zero-order chi connectivity index (χ0) is 13.7. The number of rotatable bonds is 5. The fraction of sp³-hybridized carbons (Fsp3) is 0.214. The van der Waals surface area contributed by atoms with Crippen LogP contribution in [0.2, 0.25) is 0 Å². The van der Waals surface area contributed by atoms with Gasteiger partial charge in [0.05, 0.1) is 0 Å². The zero-order valence-corrected chi connectivity index (χ0v) is 12.6. The van der Waals surface area contributed by atoms with Crippen LogP contribution in [0.4, 0.5) is 4.39 Å². The number of hydrogen-bond donors (Lipinski definition) is 1. The number of carbonyl (C=O) groups is 1. The second kappa shape index (κ2) is 6.82. The van der Waals surface area contributed by atoms with Crippen molar-refractivity contribution < 1.29 is 9.18 Å². The summed E-state index contributed by atoms with van der Waals surface area (Å²) in [7, 11) is 0. The molecule has 1 aromatic heterocycles. The first-order valence-electron chi connectivity index (χ1n) is 5.87. The van der Waals surface area contributed by atoms with Crippen molar-refractivity contribution in [2.45, 2.75) is 19.4 Å². The van der Waals surface area contributed by atoms with Crippen molar-refractivity contribution in [2.24, 2.45) is 0 Å². The van der Waals surface area contributed by atoms with Crippen molar-refractivity contribution in [3.8, 4) is 0 Å². The Kier molecular flexibility index (Phi) is 5.10. The largest absolute Gasteiger partial charge is 0.352 e. The lowest BCUT2D eigenvalue weighted by atomic mass is 10.2. The highest BCUT2D eigenvalue weighted by Crippen LogP contribution is 2.15. The first kappa shape index (κ1) is 14.2. The Labute approximate surface area is 123 Å². The lowest BCUT2D eigenvalue weighted by Crippen LogP contribution is -2.23. The first-order valence-corrected chi connectivity index (χ1v) is 7.60. The van der Waals surface area contributed by atoms with E-state index in [0.29, 0.717) is 12.0 Å². The Balaban J connectivity index is 1.81. The van der Waals surface area contributed by atoms with E-state index in [-0.39, 0.29) is 18.3 Å². The summed E-state index contributed by atoms with van der Waals surface area (Å²) in [5.74, 6) is -0.369. The number of hydrogen-bond acceptors (Lipinski definition) is 2. The van der Waals surface area contributed by atoms with E-state index in [9.17, 15) is 9.18 Å². The van der Waals surface area contributed by atoms with Crippen molar-refractivity contribution in [3.05, 3.63) is 56.4 Å². The van der Waals surface area contributed by atoms with Gasteiger partial charge < -0.3 is 5.32 Å². The van der Waals surface area contributed by atoms with Crippen LogP contribution in [0.25, 0.3) is 0 Å². The molecule has 2 rings (SSSR count). The molecule has 1 aromatic carbocycles. The fourth-order valence-corrected chi connectivity index (χ4v) is 2.77. The summed E-state index contributed by atoms with van der Waals surface area (Å²) in [5.41, 5.74) is 1.65. The van der Waals surface area contributed by atoms with Crippen LogP contribution in [-0.2, 0) is 17.8 Å². The van der Waals surface area contributed by atoms with Crippen molar-refractivity contribution >= 4 is 33.2 Å². The number of benzene rings is 1. The molecule has 100 valence electrons. The molecule has 1 amide bonds. The minimum atomic E-state index is -0.304. The average molecular weight is 342 g/mol. The summed E-state index contributed by atoms with van der Waals surface area (Å²) in [6, 6.07) is 6.70. The summed E-state index contributed by atoms with van der Waals surface area (Å²) in [6.07, 6.45) is 1.14.